The van der Waals surface area contributed by atoms with E-state index in [9.17, 15) is 9.59 Å². The molecule has 1 atom stereocenters. The molecule has 6 nitrogen and oxygen atoms in total. The molecule has 6 heteroatoms. The van der Waals surface area contributed by atoms with Gasteiger partial charge in [0.15, 0.2) is 0 Å². The molecule has 108 valence electrons. The minimum atomic E-state index is -0.234. The second kappa shape index (κ2) is 6.27. The van der Waals surface area contributed by atoms with E-state index in [0.717, 1.165) is 0 Å². The van der Waals surface area contributed by atoms with Gasteiger partial charge < -0.3 is 20.1 Å². The van der Waals surface area contributed by atoms with Gasteiger partial charge in [0.05, 0.1) is 19.8 Å². The molecule has 1 saturated heterocycles. The van der Waals surface area contributed by atoms with Gasteiger partial charge in [0.25, 0.3) is 5.91 Å². The van der Waals surface area contributed by atoms with Crippen molar-refractivity contribution in [3.8, 4) is 11.5 Å². The summed E-state index contributed by atoms with van der Waals surface area (Å²) in [6.07, 6.45) is 1.07. The molecule has 2 rings (SSSR count). The van der Waals surface area contributed by atoms with Crippen molar-refractivity contribution in [1.29, 1.82) is 0 Å². The van der Waals surface area contributed by atoms with E-state index in [4.69, 9.17) is 9.47 Å². The quantitative estimate of drug-likeness (QED) is 0.850. The molecule has 1 aromatic carbocycles. The summed E-state index contributed by atoms with van der Waals surface area (Å²) in [7, 11) is 3.06. The maximum Gasteiger partial charge on any atom is 0.255 e. The van der Waals surface area contributed by atoms with E-state index < -0.39 is 0 Å². The topological polar surface area (TPSA) is 76.7 Å². The van der Waals surface area contributed by atoms with Crippen LogP contribution >= 0.6 is 0 Å². The highest BCUT2D eigenvalue weighted by Gasteiger charge is 2.22. The molecule has 2 amide bonds. The molecule has 2 N–H and O–H groups in total. The summed E-state index contributed by atoms with van der Waals surface area (Å²) in [6, 6.07) is 5.00. The van der Waals surface area contributed by atoms with Crippen LogP contribution in [0, 0.1) is 0 Å². The maximum absolute atomic E-state index is 12.3. The van der Waals surface area contributed by atoms with Crippen LogP contribution in [0.3, 0.4) is 0 Å². The van der Waals surface area contributed by atoms with Crippen LogP contribution < -0.4 is 20.1 Å². The van der Waals surface area contributed by atoms with Crippen LogP contribution in [0.25, 0.3) is 0 Å². The minimum Gasteiger partial charge on any atom is -0.497 e. The monoisotopic (exact) mass is 278 g/mol. The summed E-state index contributed by atoms with van der Waals surface area (Å²) in [4.78, 5) is 23.4. The highest BCUT2D eigenvalue weighted by Crippen LogP contribution is 2.24. The Balaban J connectivity index is 2.09. The van der Waals surface area contributed by atoms with E-state index >= 15 is 0 Å². The van der Waals surface area contributed by atoms with Crippen LogP contribution in [-0.4, -0.2) is 38.6 Å². The SMILES string of the molecule is COc1ccc(OC)c(C(=O)NC2CCC(=O)NC2)c1. The standard InChI is InChI=1S/C14H18N2O4/c1-19-10-4-5-12(20-2)11(7-10)14(18)16-9-3-6-13(17)15-8-9/h4-5,7,9H,3,6,8H2,1-2H3,(H,15,17)(H,16,18). The highest BCUT2D eigenvalue weighted by molar-refractivity contribution is 5.97. The number of ether oxygens (including phenoxy) is 2. The smallest absolute Gasteiger partial charge is 0.255 e. The van der Waals surface area contributed by atoms with Crippen LogP contribution in [0.5, 0.6) is 11.5 Å². The molecule has 0 aromatic heterocycles. The normalized spacial score (nSPS) is 18.1. The second-order valence-electron chi connectivity index (χ2n) is 4.58. The lowest BCUT2D eigenvalue weighted by Crippen LogP contribution is -2.47. The van der Waals surface area contributed by atoms with Gasteiger partial charge in [-0.15, -0.1) is 0 Å². The van der Waals surface area contributed by atoms with Gasteiger partial charge in [-0.2, -0.15) is 0 Å². The molecule has 0 radical (unpaired) electrons. The average Bonchev–Trinajstić information content (AvgIpc) is 2.48. The molecule has 20 heavy (non-hydrogen) atoms. The summed E-state index contributed by atoms with van der Waals surface area (Å²) in [5, 5.41) is 5.62. The first kappa shape index (κ1) is 14.2. The van der Waals surface area contributed by atoms with Crippen molar-refractivity contribution in [2.75, 3.05) is 20.8 Å². The first-order valence-corrected chi connectivity index (χ1v) is 6.43. The summed E-state index contributed by atoms with van der Waals surface area (Å²) in [6.45, 7) is 0.455. The minimum absolute atomic E-state index is 0.0226. The van der Waals surface area contributed by atoms with Gasteiger partial charge in [0.1, 0.15) is 11.5 Å². The van der Waals surface area contributed by atoms with Crippen LogP contribution in [0.1, 0.15) is 23.2 Å². The Bertz CT molecular complexity index is 506. The first-order valence-electron chi connectivity index (χ1n) is 6.43. The Hall–Kier alpha value is -2.24. The molecular weight excluding hydrogens is 260 g/mol. The van der Waals surface area contributed by atoms with E-state index in [1.807, 2.05) is 0 Å². The Kier molecular flexibility index (Phi) is 4.45. The van der Waals surface area contributed by atoms with E-state index in [0.29, 0.717) is 36.4 Å². The molecule has 1 fully saturated rings. The zero-order chi connectivity index (χ0) is 14.5. The number of hydrogen-bond donors (Lipinski definition) is 2. The number of amides is 2. The van der Waals surface area contributed by atoms with Crippen molar-refractivity contribution in [3.05, 3.63) is 23.8 Å². The molecule has 1 aromatic rings. The van der Waals surface area contributed by atoms with Crippen molar-refractivity contribution >= 4 is 11.8 Å². The fourth-order valence-electron chi connectivity index (χ4n) is 2.11. The third-order valence-electron chi connectivity index (χ3n) is 3.25. The number of nitrogens with one attached hydrogen (secondary N) is 2. The van der Waals surface area contributed by atoms with Crippen LogP contribution in [0.4, 0.5) is 0 Å². The molecule has 1 unspecified atom stereocenters. The van der Waals surface area contributed by atoms with Crippen molar-refractivity contribution in [1.82, 2.24) is 10.6 Å². The number of benzene rings is 1. The second-order valence-corrected chi connectivity index (χ2v) is 4.58. The van der Waals surface area contributed by atoms with E-state index in [1.54, 1.807) is 25.3 Å². The van der Waals surface area contributed by atoms with Crippen LogP contribution in [0.2, 0.25) is 0 Å². The Morgan fingerprint density at radius 1 is 1.35 bits per heavy atom. The number of methoxy groups -OCH3 is 2. The van der Waals surface area contributed by atoms with E-state index in [2.05, 4.69) is 10.6 Å². The number of carbonyl (C=O) groups excluding carboxylic acids is 2. The van der Waals surface area contributed by atoms with Crippen LogP contribution in [0.15, 0.2) is 18.2 Å². The fraction of sp³-hybridized carbons (Fsp3) is 0.429. The van der Waals surface area contributed by atoms with Gasteiger partial charge in [-0.05, 0) is 24.6 Å². The maximum atomic E-state index is 12.3. The van der Waals surface area contributed by atoms with E-state index in [-0.39, 0.29) is 17.9 Å². The van der Waals surface area contributed by atoms with E-state index in [1.165, 1.54) is 7.11 Å². The molecule has 1 aliphatic rings. The molecule has 1 aliphatic heterocycles. The summed E-state index contributed by atoms with van der Waals surface area (Å²) in [5.74, 6) is 0.868. The molecule has 0 bridgehead atoms. The fourth-order valence-corrected chi connectivity index (χ4v) is 2.11. The number of rotatable bonds is 4. The van der Waals surface area contributed by atoms with Gasteiger partial charge in [0, 0.05) is 19.0 Å². The largest absolute Gasteiger partial charge is 0.497 e. The predicted molar refractivity (Wildman–Crippen MR) is 73.0 cm³/mol. The van der Waals surface area contributed by atoms with Crippen molar-refractivity contribution < 1.29 is 19.1 Å². The molecular formula is C14H18N2O4. The molecule has 1 heterocycles. The molecule has 0 spiro atoms. The van der Waals surface area contributed by atoms with Gasteiger partial charge in [0.2, 0.25) is 5.91 Å². The Morgan fingerprint density at radius 3 is 2.75 bits per heavy atom. The van der Waals surface area contributed by atoms with Gasteiger partial charge in [-0.25, -0.2) is 0 Å². The third-order valence-corrected chi connectivity index (χ3v) is 3.25. The van der Waals surface area contributed by atoms with Gasteiger partial charge >= 0.3 is 0 Å². The van der Waals surface area contributed by atoms with Crippen LogP contribution in [-0.2, 0) is 4.79 Å². The number of carbonyl (C=O) groups is 2. The lowest BCUT2D eigenvalue weighted by Gasteiger charge is -2.23. The Labute approximate surface area is 117 Å². The Morgan fingerprint density at radius 2 is 2.15 bits per heavy atom. The van der Waals surface area contributed by atoms with Crippen molar-refractivity contribution in [2.45, 2.75) is 18.9 Å². The summed E-state index contributed by atoms with van der Waals surface area (Å²) >= 11 is 0. The number of hydrogen-bond acceptors (Lipinski definition) is 4. The summed E-state index contributed by atoms with van der Waals surface area (Å²) < 4.78 is 10.3. The number of piperidine rings is 1. The van der Waals surface area contributed by atoms with Gasteiger partial charge in [-0.3, -0.25) is 9.59 Å². The average molecular weight is 278 g/mol. The summed E-state index contributed by atoms with van der Waals surface area (Å²) in [5.41, 5.74) is 0.420. The first-order chi connectivity index (χ1) is 9.63. The van der Waals surface area contributed by atoms with Crippen molar-refractivity contribution in [2.24, 2.45) is 0 Å². The highest BCUT2D eigenvalue weighted by atomic mass is 16.5. The third kappa shape index (κ3) is 3.20. The predicted octanol–water partition coefficient (Wildman–Crippen LogP) is 0.712. The zero-order valence-electron chi connectivity index (χ0n) is 11.6. The zero-order valence-corrected chi connectivity index (χ0v) is 11.6. The molecule has 0 aliphatic carbocycles. The molecule has 0 saturated carbocycles. The van der Waals surface area contributed by atoms with Crippen molar-refractivity contribution in [3.63, 3.8) is 0 Å². The lowest BCUT2D eigenvalue weighted by atomic mass is 10.1. The van der Waals surface area contributed by atoms with Gasteiger partial charge in [-0.1, -0.05) is 0 Å². The lowest BCUT2D eigenvalue weighted by molar-refractivity contribution is -0.122.